The van der Waals surface area contributed by atoms with E-state index in [2.05, 4.69) is 9.71 Å². The third-order valence-corrected chi connectivity index (χ3v) is 4.12. The molecule has 1 saturated carbocycles. The van der Waals surface area contributed by atoms with Gasteiger partial charge in [-0.15, -0.1) is 0 Å². The molecule has 16 heavy (non-hydrogen) atoms. The summed E-state index contributed by atoms with van der Waals surface area (Å²) in [5.41, 5.74) is -0.131. The molecule has 1 aliphatic carbocycles. The van der Waals surface area contributed by atoms with Gasteiger partial charge in [-0.05, 0) is 18.9 Å². The average molecular weight is 244 g/mol. The van der Waals surface area contributed by atoms with Crippen molar-refractivity contribution in [2.75, 3.05) is 0 Å². The number of aromatic carboxylic acids is 1. The number of nitrogens with one attached hydrogen (secondary N) is 2. The Hall–Kier alpha value is -1.34. The highest BCUT2D eigenvalue weighted by molar-refractivity contribution is 7.89. The number of rotatable bonds is 4. The number of carboxylic acid groups (broad SMARTS) is 1. The van der Waals surface area contributed by atoms with E-state index in [1.54, 1.807) is 0 Å². The van der Waals surface area contributed by atoms with Gasteiger partial charge in [-0.25, -0.2) is 17.9 Å². The van der Waals surface area contributed by atoms with Crippen molar-refractivity contribution in [3.8, 4) is 0 Å². The number of hydrogen-bond acceptors (Lipinski definition) is 3. The van der Waals surface area contributed by atoms with Gasteiger partial charge in [-0.3, -0.25) is 0 Å². The second-order valence-corrected chi connectivity index (χ2v) is 5.52. The van der Waals surface area contributed by atoms with Gasteiger partial charge in [0.05, 0.1) is 0 Å². The van der Waals surface area contributed by atoms with Crippen LogP contribution >= 0.6 is 0 Å². The van der Waals surface area contributed by atoms with Crippen LogP contribution in [0.1, 0.15) is 29.8 Å². The lowest BCUT2D eigenvalue weighted by atomic mass is 9.94. The Kier molecular flexibility index (Phi) is 2.73. The van der Waals surface area contributed by atoms with Crippen molar-refractivity contribution in [3.05, 3.63) is 18.0 Å². The van der Waals surface area contributed by atoms with E-state index in [1.807, 2.05) is 0 Å². The van der Waals surface area contributed by atoms with Gasteiger partial charge in [0.1, 0.15) is 10.6 Å². The fourth-order valence-electron chi connectivity index (χ4n) is 1.47. The predicted octanol–water partition coefficient (Wildman–Crippen LogP) is 0.544. The van der Waals surface area contributed by atoms with Crippen LogP contribution in [0.15, 0.2) is 17.2 Å². The molecule has 1 aromatic heterocycles. The van der Waals surface area contributed by atoms with Crippen LogP contribution in [0.25, 0.3) is 0 Å². The maximum absolute atomic E-state index is 11.7. The molecule has 7 heteroatoms. The summed E-state index contributed by atoms with van der Waals surface area (Å²) in [6.07, 6.45) is 3.90. The van der Waals surface area contributed by atoms with Gasteiger partial charge >= 0.3 is 5.97 Å². The van der Waals surface area contributed by atoms with Crippen LogP contribution < -0.4 is 4.72 Å². The number of hydrogen-bond donors (Lipinski definition) is 3. The molecule has 0 bridgehead atoms. The molecular formula is C9H12N2O4S. The summed E-state index contributed by atoms with van der Waals surface area (Å²) in [6, 6.07) is 1.11. The van der Waals surface area contributed by atoms with Gasteiger partial charge in [0.25, 0.3) is 0 Å². The molecule has 0 spiro atoms. The summed E-state index contributed by atoms with van der Waals surface area (Å²) in [5, 5.41) is 8.66. The van der Waals surface area contributed by atoms with E-state index in [4.69, 9.17) is 5.11 Å². The Morgan fingerprint density at radius 1 is 1.50 bits per heavy atom. The van der Waals surface area contributed by atoms with Gasteiger partial charge < -0.3 is 10.1 Å². The highest BCUT2D eigenvalue weighted by Gasteiger charge is 2.25. The molecule has 0 radical (unpaired) electrons. The predicted molar refractivity (Wildman–Crippen MR) is 55.7 cm³/mol. The maximum atomic E-state index is 11.7. The molecule has 0 saturated heterocycles. The van der Waals surface area contributed by atoms with Crippen LogP contribution in [-0.2, 0) is 10.0 Å². The van der Waals surface area contributed by atoms with E-state index in [0.717, 1.165) is 25.3 Å². The smallest absolute Gasteiger partial charge is 0.352 e. The Bertz CT molecular complexity index is 501. The lowest BCUT2D eigenvalue weighted by molar-refractivity contribution is 0.0691. The number of aromatic amines is 1. The number of sulfonamides is 1. The molecule has 0 unspecified atom stereocenters. The molecule has 1 fully saturated rings. The van der Waals surface area contributed by atoms with Crippen LogP contribution in [0.3, 0.4) is 0 Å². The van der Waals surface area contributed by atoms with Crippen molar-refractivity contribution in [1.82, 2.24) is 9.71 Å². The first-order valence-electron chi connectivity index (χ1n) is 4.93. The Balaban J connectivity index is 2.17. The van der Waals surface area contributed by atoms with Crippen LogP contribution in [0.2, 0.25) is 0 Å². The molecule has 0 aromatic carbocycles. The van der Waals surface area contributed by atoms with Crippen molar-refractivity contribution in [2.45, 2.75) is 30.2 Å². The van der Waals surface area contributed by atoms with Crippen LogP contribution in [0.4, 0.5) is 0 Å². The van der Waals surface area contributed by atoms with Crippen LogP contribution in [0.5, 0.6) is 0 Å². The average Bonchev–Trinajstić information content (AvgIpc) is 2.61. The Labute approximate surface area is 92.7 Å². The van der Waals surface area contributed by atoms with Crippen molar-refractivity contribution in [2.24, 2.45) is 0 Å². The first-order valence-corrected chi connectivity index (χ1v) is 6.41. The van der Waals surface area contributed by atoms with Crippen LogP contribution in [0, 0.1) is 0 Å². The van der Waals surface area contributed by atoms with E-state index in [0.29, 0.717) is 0 Å². The molecule has 0 amide bonds. The summed E-state index contributed by atoms with van der Waals surface area (Å²) in [5.74, 6) is -1.18. The van der Waals surface area contributed by atoms with Gasteiger partial charge in [0.15, 0.2) is 0 Å². The van der Waals surface area contributed by atoms with Gasteiger partial charge in [-0.2, -0.15) is 0 Å². The first-order chi connectivity index (χ1) is 7.49. The molecular weight excluding hydrogens is 232 g/mol. The molecule has 1 heterocycles. The molecule has 0 aliphatic heterocycles. The summed E-state index contributed by atoms with van der Waals surface area (Å²) in [7, 11) is -3.58. The monoisotopic (exact) mass is 244 g/mol. The normalized spacial score (nSPS) is 17.0. The summed E-state index contributed by atoms with van der Waals surface area (Å²) >= 11 is 0. The minimum Gasteiger partial charge on any atom is -0.477 e. The number of H-pyrrole nitrogens is 1. The second kappa shape index (κ2) is 3.91. The van der Waals surface area contributed by atoms with E-state index in [1.165, 1.54) is 6.20 Å². The van der Waals surface area contributed by atoms with E-state index in [-0.39, 0.29) is 16.6 Å². The zero-order valence-electron chi connectivity index (χ0n) is 8.43. The van der Waals surface area contributed by atoms with Crippen molar-refractivity contribution in [1.29, 1.82) is 0 Å². The highest BCUT2D eigenvalue weighted by atomic mass is 32.2. The van der Waals surface area contributed by atoms with E-state index < -0.39 is 16.0 Å². The fourth-order valence-corrected chi connectivity index (χ4v) is 2.76. The molecule has 1 aliphatic rings. The Morgan fingerprint density at radius 2 is 2.19 bits per heavy atom. The minimum absolute atomic E-state index is 0.00632. The standard InChI is InChI=1S/C9H12N2O4S/c12-9(13)8-4-7(5-10-8)16(14,15)11-6-2-1-3-6/h4-6,10-11H,1-3H2,(H,12,13). The number of carbonyl (C=O) groups is 1. The van der Waals surface area contributed by atoms with E-state index in [9.17, 15) is 13.2 Å². The zero-order valence-corrected chi connectivity index (χ0v) is 9.25. The van der Waals surface area contributed by atoms with Gasteiger partial charge in [0, 0.05) is 12.2 Å². The van der Waals surface area contributed by atoms with Crippen molar-refractivity contribution >= 4 is 16.0 Å². The molecule has 2 rings (SSSR count). The lowest BCUT2D eigenvalue weighted by Crippen LogP contribution is -2.39. The third kappa shape index (κ3) is 2.10. The summed E-state index contributed by atoms with van der Waals surface area (Å²) in [6.45, 7) is 0. The van der Waals surface area contributed by atoms with Gasteiger partial charge in [-0.1, -0.05) is 6.42 Å². The maximum Gasteiger partial charge on any atom is 0.352 e. The summed E-state index contributed by atoms with van der Waals surface area (Å²) < 4.78 is 26.0. The van der Waals surface area contributed by atoms with Gasteiger partial charge in [0.2, 0.25) is 10.0 Å². The molecule has 0 atom stereocenters. The molecule has 88 valence electrons. The van der Waals surface area contributed by atoms with Crippen molar-refractivity contribution < 1.29 is 18.3 Å². The summed E-state index contributed by atoms with van der Waals surface area (Å²) in [4.78, 5) is 13.0. The fraction of sp³-hybridized carbons (Fsp3) is 0.444. The van der Waals surface area contributed by atoms with Crippen LogP contribution in [-0.4, -0.2) is 30.5 Å². The first kappa shape index (κ1) is 11.2. The SMILES string of the molecule is O=C(O)c1cc(S(=O)(=O)NC2CCC2)c[nH]1. The molecule has 3 N–H and O–H groups in total. The number of aromatic nitrogens is 1. The Morgan fingerprint density at radius 3 is 2.62 bits per heavy atom. The lowest BCUT2D eigenvalue weighted by Gasteiger charge is -2.25. The minimum atomic E-state index is -3.58. The quantitative estimate of drug-likeness (QED) is 0.719. The topological polar surface area (TPSA) is 99.3 Å². The third-order valence-electron chi connectivity index (χ3n) is 2.62. The second-order valence-electron chi connectivity index (χ2n) is 3.80. The highest BCUT2D eigenvalue weighted by Crippen LogP contribution is 2.21. The van der Waals surface area contributed by atoms with Crippen molar-refractivity contribution in [3.63, 3.8) is 0 Å². The largest absolute Gasteiger partial charge is 0.477 e. The molecule has 1 aromatic rings. The van der Waals surface area contributed by atoms with E-state index >= 15 is 0 Å². The molecule has 6 nitrogen and oxygen atoms in total. The zero-order chi connectivity index (χ0) is 11.8. The number of carboxylic acids is 1.